The summed E-state index contributed by atoms with van der Waals surface area (Å²) in [7, 11) is 0. The average molecular weight is 879 g/mol. The van der Waals surface area contributed by atoms with Crippen molar-refractivity contribution in [2.45, 2.75) is 5.41 Å². The summed E-state index contributed by atoms with van der Waals surface area (Å²) < 4.78 is 4.94. The number of fused-ring (bicyclic) bond motifs is 10. The Kier molecular flexibility index (Phi) is 8.77. The molecule has 10 aromatic carbocycles. The maximum Gasteiger partial charge on any atom is 0.160 e. The highest BCUT2D eigenvalue weighted by atomic mass is 15.0. The van der Waals surface area contributed by atoms with E-state index in [1.54, 1.807) is 0 Å². The first kappa shape index (κ1) is 39.1. The Balaban J connectivity index is 1.18. The molecule has 0 radical (unpaired) electrons. The molecule has 14 rings (SSSR count). The molecule has 0 atom stereocenters. The van der Waals surface area contributed by atoms with Crippen LogP contribution in [0.25, 0.3) is 100 Å². The van der Waals surface area contributed by atoms with Crippen molar-refractivity contribution in [3.8, 4) is 56.4 Å². The maximum absolute atomic E-state index is 5.59. The van der Waals surface area contributed by atoms with Gasteiger partial charge in [-0.1, -0.05) is 200 Å². The second kappa shape index (κ2) is 15.5. The predicted molar refractivity (Wildman–Crippen MR) is 284 cm³/mol. The van der Waals surface area contributed by atoms with Gasteiger partial charge in [-0.3, -0.25) is 0 Å². The Labute approximate surface area is 399 Å². The van der Waals surface area contributed by atoms with Gasteiger partial charge < -0.3 is 9.13 Å². The molecule has 322 valence electrons. The molecule has 0 fully saturated rings. The minimum atomic E-state index is -0.663. The van der Waals surface area contributed by atoms with Gasteiger partial charge in [0.05, 0.1) is 38.9 Å². The molecule has 0 aliphatic heterocycles. The summed E-state index contributed by atoms with van der Waals surface area (Å²) in [6, 6.07) is 92.4. The number of aromatic nitrogens is 4. The zero-order chi connectivity index (χ0) is 45.5. The van der Waals surface area contributed by atoms with Gasteiger partial charge in [0.1, 0.15) is 0 Å². The summed E-state index contributed by atoms with van der Waals surface area (Å²) in [5.41, 5.74) is 18.3. The van der Waals surface area contributed by atoms with Crippen LogP contribution in [0.5, 0.6) is 0 Å². The third-order valence-corrected chi connectivity index (χ3v) is 14.4. The summed E-state index contributed by atoms with van der Waals surface area (Å²) in [5, 5.41) is 4.72. The average Bonchev–Trinajstić information content (AvgIpc) is 4.06. The summed E-state index contributed by atoms with van der Waals surface area (Å²) in [6.45, 7) is 0. The van der Waals surface area contributed by atoms with Crippen LogP contribution in [0.4, 0.5) is 0 Å². The van der Waals surface area contributed by atoms with E-state index in [2.05, 4.69) is 258 Å². The highest BCUT2D eigenvalue weighted by molar-refractivity contribution is 6.22. The summed E-state index contributed by atoms with van der Waals surface area (Å²) in [4.78, 5) is 10.9. The molecule has 4 nitrogen and oxygen atoms in total. The summed E-state index contributed by atoms with van der Waals surface area (Å²) in [6.07, 6.45) is 0. The molecule has 0 saturated heterocycles. The first-order valence-electron chi connectivity index (χ1n) is 23.7. The SMILES string of the molecule is c1ccc(-c2cc(-c3cc4c(c5c3c3ccccc3n5-c3ccc5c(c3)c3ccccc3n5-c3ccccc3)-c3ccccc3C4(c3ccccc3)c3ccccc3)nc(-c3ccccc3)n2)cc1. The van der Waals surface area contributed by atoms with Gasteiger partial charge in [0.25, 0.3) is 0 Å². The fourth-order valence-electron chi connectivity index (χ4n) is 11.6. The van der Waals surface area contributed by atoms with E-state index < -0.39 is 5.41 Å². The van der Waals surface area contributed by atoms with E-state index in [4.69, 9.17) is 9.97 Å². The second-order valence-corrected chi connectivity index (χ2v) is 18.0. The minimum Gasteiger partial charge on any atom is -0.309 e. The molecular formula is C65H42N4. The van der Waals surface area contributed by atoms with Crippen molar-refractivity contribution < 1.29 is 0 Å². The Hall–Kier alpha value is -9.12. The standard InChI is InChI=1S/C65H42N4/c1-6-22-43(23-7-1)56-42-57(67-64(66-56)44-24-8-2-9-25-44)53-41-55-62(50-33-16-19-35-54(50)65(55,45-26-10-3-11-27-45)46-28-12-4-13-29-46)63-61(53)51-34-18-21-37-59(51)69(63)48-38-39-60-52(40-48)49-32-17-20-36-58(49)68(60)47-30-14-5-15-31-47/h1-42H. The molecule has 0 saturated carbocycles. The number of para-hydroxylation sites is 3. The van der Waals surface area contributed by atoms with Crippen LogP contribution in [-0.4, -0.2) is 19.1 Å². The third-order valence-electron chi connectivity index (χ3n) is 14.4. The molecule has 0 N–H and O–H groups in total. The predicted octanol–water partition coefficient (Wildman–Crippen LogP) is 16.0. The lowest BCUT2D eigenvalue weighted by Crippen LogP contribution is -2.28. The van der Waals surface area contributed by atoms with Crippen molar-refractivity contribution in [1.82, 2.24) is 19.1 Å². The van der Waals surface area contributed by atoms with Gasteiger partial charge in [0.15, 0.2) is 5.82 Å². The highest BCUT2D eigenvalue weighted by Gasteiger charge is 2.48. The summed E-state index contributed by atoms with van der Waals surface area (Å²) >= 11 is 0. The largest absolute Gasteiger partial charge is 0.309 e. The summed E-state index contributed by atoms with van der Waals surface area (Å²) in [5.74, 6) is 0.685. The van der Waals surface area contributed by atoms with Crippen molar-refractivity contribution in [3.05, 3.63) is 277 Å². The van der Waals surface area contributed by atoms with E-state index in [1.165, 1.54) is 55.2 Å². The van der Waals surface area contributed by atoms with Gasteiger partial charge in [-0.2, -0.15) is 0 Å². The number of nitrogens with zero attached hydrogens (tertiary/aromatic N) is 4. The lowest BCUT2D eigenvalue weighted by Gasteiger charge is -2.34. The van der Waals surface area contributed by atoms with Gasteiger partial charge in [-0.05, 0) is 82.4 Å². The van der Waals surface area contributed by atoms with Gasteiger partial charge in [-0.25, -0.2) is 9.97 Å². The van der Waals surface area contributed by atoms with Crippen molar-refractivity contribution in [1.29, 1.82) is 0 Å². The molecule has 0 bridgehead atoms. The molecule has 0 spiro atoms. The van der Waals surface area contributed by atoms with Crippen LogP contribution in [0.3, 0.4) is 0 Å². The number of rotatable bonds is 7. The lowest BCUT2D eigenvalue weighted by molar-refractivity contribution is 0.769. The zero-order valence-electron chi connectivity index (χ0n) is 37.5. The third kappa shape index (κ3) is 5.82. The van der Waals surface area contributed by atoms with E-state index in [1.807, 2.05) is 6.07 Å². The van der Waals surface area contributed by atoms with Gasteiger partial charge in [0.2, 0.25) is 0 Å². The molecule has 4 heteroatoms. The Morgan fingerprint density at radius 1 is 0.333 bits per heavy atom. The number of hydrogen-bond donors (Lipinski definition) is 0. The first-order valence-corrected chi connectivity index (χ1v) is 23.7. The Morgan fingerprint density at radius 2 is 0.870 bits per heavy atom. The molecule has 13 aromatic rings. The van der Waals surface area contributed by atoms with Crippen LogP contribution >= 0.6 is 0 Å². The number of benzene rings is 10. The molecule has 0 unspecified atom stereocenters. The van der Waals surface area contributed by atoms with Gasteiger partial charge >= 0.3 is 0 Å². The van der Waals surface area contributed by atoms with Gasteiger partial charge in [0, 0.05) is 55.2 Å². The van der Waals surface area contributed by atoms with Crippen molar-refractivity contribution in [3.63, 3.8) is 0 Å². The molecule has 0 amide bonds. The van der Waals surface area contributed by atoms with Crippen LogP contribution in [0.2, 0.25) is 0 Å². The van der Waals surface area contributed by atoms with Crippen molar-refractivity contribution >= 4 is 43.6 Å². The Morgan fingerprint density at radius 3 is 1.57 bits per heavy atom. The highest BCUT2D eigenvalue weighted by Crippen LogP contribution is 2.60. The fraction of sp³-hybridized carbons (Fsp3) is 0.0154. The minimum absolute atomic E-state index is 0.663. The van der Waals surface area contributed by atoms with Gasteiger partial charge in [-0.15, -0.1) is 0 Å². The van der Waals surface area contributed by atoms with Crippen LogP contribution in [-0.2, 0) is 5.41 Å². The van der Waals surface area contributed by atoms with E-state index in [0.717, 1.165) is 61.3 Å². The van der Waals surface area contributed by atoms with Crippen LogP contribution in [0, 0.1) is 0 Å². The smallest absolute Gasteiger partial charge is 0.160 e. The van der Waals surface area contributed by atoms with Crippen molar-refractivity contribution in [2.24, 2.45) is 0 Å². The van der Waals surface area contributed by atoms with E-state index in [-0.39, 0.29) is 0 Å². The van der Waals surface area contributed by atoms with E-state index in [0.29, 0.717) is 5.82 Å². The van der Waals surface area contributed by atoms with Crippen LogP contribution in [0.1, 0.15) is 22.3 Å². The quantitative estimate of drug-likeness (QED) is 0.160. The van der Waals surface area contributed by atoms with E-state index in [9.17, 15) is 0 Å². The normalized spacial score (nSPS) is 12.8. The molecule has 1 aliphatic carbocycles. The van der Waals surface area contributed by atoms with Crippen LogP contribution < -0.4 is 0 Å². The maximum atomic E-state index is 5.59. The monoisotopic (exact) mass is 878 g/mol. The van der Waals surface area contributed by atoms with Crippen LogP contribution in [0.15, 0.2) is 255 Å². The molecule has 1 aliphatic rings. The Bertz CT molecular complexity index is 4000. The molecule has 3 aromatic heterocycles. The lowest BCUT2D eigenvalue weighted by atomic mass is 9.67. The second-order valence-electron chi connectivity index (χ2n) is 18.0. The van der Waals surface area contributed by atoms with E-state index >= 15 is 0 Å². The zero-order valence-corrected chi connectivity index (χ0v) is 37.5. The molecular weight excluding hydrogens is 837 g/mol. The number of hydrogen-bond acceptors (Lipinski definition) is 2. The molecule has 69 heavy (non-hydrogen) atoms. The topological polar surface area (TPSA) is 35.6 Å². The van der Waals surface area contributed by atoms with Crippen molar-refractivity contribution in [2.75, 3.05) is 0 Å². The fourth-order valence-corrected chi connectivity index (χ4v) is 11.6. The molecule has 3 heterocycles. The first-order chi connectivity index (χ1) is 34.3.